The molecule has 0 fully saturated rings. The highest BCUT2D eigenvalue weighted by Gasteiger charge is 2.36. The fourth-order valence-corrected chi connectivity index (χ4v) is 1.25. The number of benzene rings is 1. The van der Waals surface area contributed by atoms with Crippen LogP contribution >= 0.6 is 15.9 Å². The largest absolute Gasteiger partial charge is 0.420 e. The van der Waals surface area contributed by atoms with Crippen LogP contribution in [0.15, 0.2) is 16.6 Å². The van der Waals surface area contributed by atoms with Crippen LogP contribution in [0.5, 0.6) is 0 Å². The van der Waals surface area contributed by atoms with Crippen molar-refractivity contribution < 1.29 is 17.6 Å². The van der Waals surface area contributed by atoms with Gasteiger partial charge in [0.15, 0.2) is 0 Å². The molecule has 0 unspecified atom stereocenters. The zero-order chi connectivity index (χ0) is 9.35. The second-order valence-corrected chi connectivity index (χ2v) is 2.81. The molecular formula is C7H2BrF4. The summed E-state index contributed by atoms with van der Waals surface area (Å²) in [6, 6.07) is 4.00. The Kier molecular flexibility index (Phi) is 2.41. The summed E-state index contributed by atoms with van der Waals surface area (Å²) < 4.78 is 48.2. The first kappa shape index (κ1) is 9.51. The molecule has 0 saturated heterocycles. The van der Waals surface area contributed by atoms with Gasteiger partial charge in [0.1, 0.15) is 11.4 Å². The van der Waals surface area contributed by atoms with Crippen LogP contribution in [0.1, 0.15) is 5.56 Å². The molecule has 0 bridgehead atoms. The zero-order valence-electron chi connectivity index (χ0n) is 5.54. The van der Waals surface area contributed by atoms with Crippen LogP contribution in [0.3, 0.4) is 0 Å². The number of alkyl halides is 3. The van der Waals surface area contributed by atoms with E-state index < -0.39 is 22.0 Å². The number of rotatable bonds is 0. The third-order valence-corrected chi connectivity index (χ3v) is 1.81. The molecule has 12 heavy (non-hydrogen) atoms. The van der Waals surface area contributed by atoms with Crippen molar-refractivity contribution in [2.45, 2.75) is 6.18 Å². The summed E-state index contributed by atoms with van der Waals surface area (Å²) in [4.78, 5) is 0. The van der Waals surface area contributed by atoms with E-state index in [0.29, 0.717) is 6.07 Å². The average Bonchev–Trinajstić information content (AvgIpc) is 1.82. The Morgan fingerprint density at radius 2 is 1.92 bits per heavy atom. The molecule has 0 aliphatic heterocycles. The van der Waals surface area contributed by atoms with E-state index in [0.717, 1.165) is 6.07 Å². The minimum atomic E-state index is -4.68. The van der Waals surface area contributed by atoms with E-state index in [1.807, 2.05) is 0 Å². The molecule has 65 valence electrons. The molecule has 5 heteroatoms. The summed E-state index contributed by atoms with van der Waals surface area (Å²) in [7, 11) is 0. The summed E-state index contributed by atoms with van der Waals surface area (Å²) in [6.45, 7) is 0. The minimum Gasteiger partial charge on any atom is -0.206 e. The molecule has 0 saturated carbocycles. The van der Waals surface area contributed by atoms with Crippen LogP contribution in [0.2, 0.25) is 0 Å². The minimum absolute atomic E-state index is 0.407. The quantitative estimate of drug-likeness (QED) is 0.611. The van der Waals surface area contributed by atoms with Crippen LogP contribution in [-0.2, 0) is 6.18 Å². The Morgan fingerprint density at radius 3 is 2.25 bits per heavy atom. The highest BCUT2D eigenvalue weighted by Crippen LogP contribution is 2.36. The van der Waals surface area contributed by atoms with Crippen molar-refractivity contribution in [2.24, 2.45) is 0 Å². The lowest BCUT2D eigenvalue weighted by molar-refractivity contribution is -0.140. The van der Waals surface area contributed by atoms with Crippen LogP contribution < -0.4 is 0 Å². The second-order valence-electron chi connectivity index (χ2n) is 2.01. The highest BCUT2D eigenvalue weighted by atomic mass is 79.9. The molecule has 1 aromatic carbocycles. The molecule has 1 radical (unpaired) electrons. The van der Waals surface area contributed by atoms with Gasteiger partial charge in [-0.15, -0.1) is 0 Å². The number of hydrogen-bond acceptors (Lipinski definition) is 0. The SMILES string of the molecule is Fc1cc[c]c(Br)c1C(F)(F)F. The summed E-state index contributed by atoms with van der Waals surface area (Å²) in [6.07, 6.45) is -4.68. The first-order valence-corrected chi connectivity index (χ1v) is 3.65. The second kappa shape index (κ2) is 3.05. The third-order valence-electron chi connectivity index (χ3n) is 1.18. The Hall–Kier alpha value is -0.580. The van der Waals surface area contributed by atoms with Crippen molar-refractivity contribution in [1.29, 1.82) is 0 Å². The predicted molar refractivity (Wildman–Crippen MR) is 37.9 cm³/mol. The Labute approximate surface area is 74.3 Å². The number of halogens is 5. The van der Waals surface area contributed by atoms with Crippen LogP contribution in [-0.4, -0.2) is 0 Å². The number of hydrogen-bond donors (Lipinski definition) is 0. The monoisotopic (exact) mass is 241 g/mol. The molecule has 1 aromatic rings. The Morgan fingerprint density at radius 1 is 1.33 bits per heavy atom. The fraction of sp³-hybridized carbons (Fsp3) is 0.143. The molecule has 1 rings (SSSR count). The Bertz CT molecular complexity index is 272. The van der Waals surface area contributed by atoms with Crippen molar-refractivity contribution in [3.05, 3.63) is 34.1 Å². The molecule has 0 spiro atoms. The van der Waals surface area contributed by atoms with Gasteiger partial charge in [-0.05, 0) is 28.1 Å². The first-order valence-electron chi connectivity index (χ1n) is 2.86. The van der Waals surface area contributed by atoms with Gasteiger partial charge < -0.3 is 0 Å². The van der Waals surface area contributed by atoms with Gasteiger partial charge in [-0.1, -0.05) is 6.07 Å². The summed E-state index contributed by atoms with van der Waals surface area (Å²) in [5, 5.41) is 0. The maximum atomic E-state index is 12.6. The van der Waals surface area contributed by atoms with E-state index >= 15 is 0 Å². The van der Waals surface area contributed by atoms with Crippen molar-refractivity contribution >= 4 is 15.9 Å². The lowest BCUT2D eigenvalue weighted by Crippen LogP contribution is -2.08. The lowest BCUT2D eigenvalue weighted by Gasteiger charge is -2.08. The molecule has 0 nitrogen and oxygen atoms in total. The molecule has 0 aromatic heterocycles. The van der Waals surface area contributed by atoms with Crippen LogP contribution in [0, 0.1) is 11.9 Å². The molecule has 0 atom stereocenters. The van der Waals surface area contributed by atoms with Gasteiger partial charge in [-0.25, -0.2) is 4.39 Å². The van der Waals surface area contributed by atoms with E-state index in [-0.39, 0.29) is 0 Å². The standard InChI is InChI=1S/C7H2BrF4/c8-4-2-1-3-5(9)6(4)7(10,11)12/h1,3H. The molecule has 0 heterocycles. The smallest absolute Gasteiger partial charge is 0.206 e. The zero-order valence-corrected chi connectivity index (χ0v) is 7.13. The average molecular weight is 242 g/mol. The van der Waals surface area contributed by atoms with E-state index in [4.69, 9.17) is 0 Å². The van der Waals surface area contributed by atoms with Gasteiger partial charge in [0, 0.05) is 4.47 Å². The third kappa shape index (κ3) is 1.77. The summed E-state index contributed by atoms with van der Waals surface area (Å²) >= 11 is 2.57. The van der Waals surface area contributed by atoms with E-state index in [9.17, 15) is 17.6 Å². The normalized spacial score (nSPS) is 11.8. The predicted octanol–water partition coefficient (Wildman–Crippen LogP) is 3.41. The van der Waals surface area contributed by atoms with E-state index in [1.165, 1.54) is 0 Å². The van der Waals surface area contributed by atoms with Crippen molar-refractivity contribution in [1.82, 2.24) is 0 Å². The van der Waals surface area contributed by atoms with E-state index in [1.54, 1.807) is 0 Å². The summed E-state index contributed by atoms with van der Waals surface area (Å²) in [5.41, 5.74) is -1.31. The van der Waals surface area contributed by atoms with Gasteiger partial charge >= 0.3 is 6.18 Å². The summed E-state index contributed by atoms with van der Waals surface area (Å²) in [5.74, 6) is -1.30. The topological polar surface area (TPSA) is 0 Å². The van der Waals surface area contributed by atoms with Gasteiger partial charge in [0.05, 0.1) is 0 Å². The molecule has 0 aliphatic carbocycles. The lowest BCUT2D eigenvalue weighted by atomic mass is 10.2. The molecule has 0 amide bonds. The fourth-order valence-electron chi connectivity index (χ4n) is 0.708. The molecule has 0 aliphatic rings. The maximum absolute atomic E-state index is 12.6. The van der Waals surface area contributed by atoms with Gasteiger partial charge in [0.2, 0.25) is 0 Å². The molecular weight excluding hydrogens is 240 g/mol. The van der Waals surface area contributed by atoms with Gasteiger partial charge in [0.25, 0.3) is 0 Å². The van der Waals surface area contributed by atoms with Crippen molar-refractivity contribution in [3.8, 4) is 0 Å². The van der Waals surface area contributed by atoms with Gasteiger partial charge in [-0.2, -0.15) is 13.2 Å². The maximum Gasteiger partial charge on any atom is 0.420 e. The van der Waals surface area contributed by atoms with Gasteiger partial charge in [-0.3, -0.25) is 0 Å². The first-order chi connectivity index (χ1) is 5.43. The van der Waals surface area contributed by atoms with Crippen molar-refractivity contribution in [3.63, 3.8) is 0 Å². The van der Waals surface area contributed by atoms with Crippen molar-refractivity contribution in [2.75, 3.05) is 0 Å². The Balaban J connectivity index is 3.31. The van der Waals surface area contributed by atoms with Crippen LogP contribution in [0.25, 0.3) is 0 Å². The van der Waals surface area contributed by atoms with Crippen LogP contribution in [0.4, 0.5) is 17.6 Å². The van der Waals surface area contributed by atoms with E-state index in [2.05, 4.69) is 22.0 Å². The highest BCUT2D eigenvalue weighted by molar-refractivity contribution is 9.10. The molecule has 0 N–H and O–H groups in total.